The van der Waals surface area contributed by atoms with Crippen LogP contribution in [0, 0.1) is 0 Å². The van der Waals surface area contributed by atoms with E-state index in [-0.39, 0.29) is 11.9 Å². The zero-order chi connectivity index (χ0) is 14.5. The van der Waals surface area contributed by atoms with Gasteiger partial charge in [0.15, 0.2) is 0 Å². The summed E-state index contributed by atoms with van der Waals surface area (Å²) >= 11 is 0. The first kappa shape index (κ1) is 13.9. The number of carbonyl (C=O) groups excluding carboxylic acids is 1. The SMILES string of the molecule is CCC(NC(=O)c1ccc(N)c(OC)c1)c1ncc[nH]1. The lowest BCUT2D eigenvalue weighted by Crippen LogP contribution is -2.28. The number of aromatic nitrogens is 2. The number of H-pyrrole nitrogens is 1. The number of carbonyl (C=O) groups is 1. The van der Waals surface area contributed by atoms with E-state index < -0.39 is 0 Å². The van der Waals surface area contributed by atoms with Gasteiger partial charge in [0.2, 0.25) is 0 Å². The van der Waals surface area contributed by atoms with E-state index in [1.54, 1.807) is 30.6 Å². The monoisotopic (exact) mass is 274 g/mol. The molecule has 0 saturated carbocycles. The summed E-state index contributed by atoms with van der Waals surface area (Å²) in [4.78, 5) is 19.4. The molecule has 0 radical (unpaired) electrons. The van der Waals surface area contributed by atoms with Gasteiger partial charge in [-0.25, -0.2) is 4.98 Å². The van der Waals surface area contributed by atoms with E-state index in [0.717, 1.165) is 12.2 Å². The summed E-state index contributed by atoms with van der Waals surface area (Å²) in [5, 5.41) is 2.93. The standard InChI is InChI=1S/C14H18N4O2/c1-3-11(13-16-6-7-17-13)18-14(19)9-4-5-10(15)12(8-9)20-2/h4-8,11H,3,15H2,1-2H3,(H,16,17)(H,18,19). The van der Waals surface area contributed by atoms with E-state index in [1.807, 2.05) is 6.92 Å². The topological polar surface area (TPSA) is 93.0 Å². The summed E-state index contributed by atoms with van der Waals surface area (Å²) in [5.41, 5.74) is 6.74. The number of imidazole rings is 1. The Morgan fingerprint density at radius 2 is 2.35 bits per heavy atom. The van der Waals surface area contributed by atoms with Crippen LogP contribution in [0.1, 0.15) is 35.6 Å². The first-order valence-electron chi connectivity index (χ1n) is 6.39. The Labute approximate surface area is 117 Å². The molecule has 1 atom stereocenters. The molecule has 1 heterocycles. The molecule has 0 fully saturated rings. The van der Waals surface area contributed by atoms with Crippen LogP contribution >= 0.6 is 0 Å². The Morgan fingerprint density at radius 1 is 1.55 bits per heavy atom. The average molecular weight is 274 g/mol. The first-order valence-corrected chi connectivity index (χ1v) is 6.39. The molecule has 106 valence electrons. The molecule has 2 rings (SSSR count). The summed E-state index contributed by atoms with van der Waals surface area (Å²) in [6.45, 7) is 1.98. The van der Waals surface area contributed by atoms with Crippen LogP contribution in [-0.4, -0.2) is 23.0 Å². The predicted molar refractivity (Wildman–Crippen MR) is 76.5 cm³/mol. The van der Waals surface area contributed by atoms with Crippen LogP contribution in [0.5, 0.6) is 5.75 Å². The largest absolute Gasteiger partial charge is 0.495 e. The minimum absolute atomic E-state index is 0.152. The summed E-state index contributed by atoms with van der Waals surface area (Å²) in [7, 11) is 1.52. The highest BCUT2D eigenvalue weighted by molar-refractivity contribution is 5.95. The second-order valence-electron chi connectivity index (χ2n) is 4.37. The van der Waals surface area contributed by atoms with Crippen LogP contribution in [0.3, 0.4) is 0 Å². The number of nitrogen functional groups attached to an aromatic ring is 1. The molecule has 0 aliphatic rings. The molecule has 0 aliphatic carbocycles. The van der Waals surface area contributed by atoms with Crippen molar-refractivity contribution in [1.82, 2.24) is 15.3 Å². The van der Waals surface area contributed by atoms with Crippen molar-refractivity contribution < 1.29 is 9.53 Å². The summed E-state index contributed by atoms with van der Waals surface area (Å²) in [6.07, 6.45) is 4.14. The third-order valence-corrected chi connectivity index (χ3v) is 3.06. The molecule has 4 N–H and O–H groups in total. The maximum atomic E-state index is 12.2. The summed E-state index contributed by atoms with van der Waals surface area (Å²) in [5.74, 6) is 1.04. The number of rotatable bonds is 5. The number of anilines is 1. The number of hydrogen-bond acceptors (Lipinski definition) is 4. The number of methoxy groups -OCH3 is 1. The molecule has 1 aromatic heterocycles. The van der Waals surface area contributed by atoms with Crippen LogP contribution < -0.4 is 15.8 Å². The van der Waals surface area contributed by atoms with E-state index in [1.165, 1.54) is 7.11 Å². The molecule has 6 heteroatoms. The third-order valence-electron chi connectivity index (χ3n) is 3.06. The molecule has 0 bridgehead atoms. The van der Waals surface area contributed by atoms with Crippen molar-refractivity contribution in [3.8, 4) is 5.75 Å². The van der Waals surface area contributed by atoms with E-state index in [4.69, 9.17) is 10.5 Å². The molecule has 0 saturated heterocycles. The van der Waals surface area contributed by atoms with Crippen LogP contribution in [0.15, 0.2) is 30.6 Å². The highest BCUT2D eigenvalue weighted by Crippen LogP contribution is 2.22. The normalized spacial score (nSPS) is 11.9. The number of nitrogens with zero attached hydrogens (tertiary/aromatic N) is 1. The lowest BCUT2D eigenvalue weighted by molar-refractivity contribution is 0.0933. The van der Waals surface area contributed by atoms with Gasteiger partial charge in [-0.15, -0.1) is 0 Å². The van der Waals surface area contributed by atoms with Gasteiger partial charge in [-0.05, 0) is 24.6 Å². The molecule has 20 heavy (non-hydrogen) atoms. The van der Waals surface area contributed by atoms with E-state index in [0.29, 0.717) is 17.0 Å². The van der Waals surface area contributed by atoms with Crippen LogP contribution in [-0.2, 0) is 0 Å². The number of hydrogen-bond donors (Lipinski definition) is 3. The highest BCUT2D eigenvalue weighted by atomic mass is 16.5. The number of nitrogens with two attached hydrogens (primary N) is 1. The molecule has 6 nitrogen and oxygen atoms in total. The number of aromatic amines is 1. The Morgan fingerprint density at radius 3 is 2.95 bits per heavy atom. The second kappa shape index (κ2) is 6.10. The minimum atomic E-state index is -0.188. The summed E-state index contributed by atoms with van der Waals surface area (Å²) < 4.78 is 5.12. The van der Waals surface area contributed by atoms with Gasteiger partial charge in [0, 0.05) is 18.0 Å². The third kappa shape index (κ3) is 2.90. The van der Waals surface area contributed by atoms with Gasteiger partial charge in [0.25, 0.3) is 5.91 Å². The van der Waals surface area contributed by atoms with Crippen molar-refractivity contribution in [3.05, 3.63) is 42.0 Å². The minimum Gasteiger partial charge on any atom is -0.495 e. The van der Waals surface area contributed by atoms with E-state index in [9.17, 15) is 4.79 Å². The molecule has 0 spiro atoms. The van der Waals surface area contributed by atoms with Crippen molar-refractivity contribution in [3.63, 3.8) is 0 Å². The van der Waals surface area contributed by atoms with Crippen molar-refractivity contribution in [2.75, 3.05) is 12.8 Å². The Bertz CT molecular complexity index is 581. The van der Waals surface area contributed by atoms with Crippen LogP contribution in [0.4, 0.5) is 5.69 Å². The molecular weight excluding hydrogens is 256 g/mol. The van der Waals surface area contributed by atoms with Gasteiger partial charge in [-0.2, -0.15) is 0 Å². The fourth-order valence-electron chi connectivity index (χ4n) is 1.93. The molecule has 2 aromatic rings. The molecule has 1 unspecified atom stereocenters. The molecule has 0 aliphatic heterocycles. The van der Waals surface area contributed by atoms with E-state index >= 15 is 0 Å². The fourth-order valence-corrected chi connectivity index (χ4v) is 1.93. The van der Waals surface area contributed by atoms with Crippen molar-refractivity contribution in [1.29, 1.82) is 0 Å². The fraction of sp³-hybridized carbons (Fsp3) is 0.286. The summed E-state index contributed by atoms with van der Waals surface area (Å²) in [6, 6.07) is 4.80. The van der Waals surface area contributed by atoms with Gasteiger partial charge in [0.1, 0.15) is 11.6 Å². The number of nitrogens with one attached hydrogen (secondary N) is 2. The smallest absolute Gasteiger partial charge is 0.252 e. The predicted octanol–water partition coefficient (Wildman–Crippen LogP) is 1.88. The Hall–Kier alpha value is -2.50. The first-order chi connectivity index (χ1) is 9.65. The van der Waals surface area contributed by atoms with Gasteiger partial charge in [0.05, 0.1) is 18.8 Å². The zero-order valence-electron chi connectivity index (χ0n) is 11.5. The Balaban J connectivity index is 2.15. The van der Waals surface area contributed by atoms with E-state index in [2.05, 4.69) is 15.3 Å². The second-order valence-corrected chi connectivity index (χ2v) is 4.37. The van der Waals surface area contributed by atoms with Crippen molar-refractivity contribution in [2.24, 2.45) is 0 Å². The maximum Gasteiger partial charge on any atom is 0.252 e. The molecule has 1 aromatic carbocycles. The van der Waals surface area contributed by atoms with Crippen LogP contribution in [0.25, 0.3) is 0 Å². The lowest BCUT2D eigenvalue weighted by Gasteiger charge is -2.15. The van der Waals surface area contributed by atoms with Crippen molar-refractivity contribution in [2.45, 2.75) is 19.4 Å². The number of amides is 1. The maximum absolute atomic E-state index is 12.2. The number of ether oxygens (including phenoxy) is 1. The number of benzene rings is 1. The van der Waals surface area contributed by atoms with Gasteiger partial charge in [-0.3, -0.25) is 4.79 Å². The quantitative estimate of drug-likeness (QED) is 0.726. The van der Waals surface area contributed by atoms with Gasteiger partial charge >= 0.3 is 0 Å². The van der Waals surface area contributed by atoms with Crippen LogP contribution in [0.2, 0.25) is 0 Å². The average Bonchev–Trinajstić information content (AvgIpc) is 2.99. The lowest BCUT2D eigenvalue weighted by atomic mass is 10.1. The highest BCUT2D eigenvalue weighted by Gasteiger charge is 2.16. The zero-order valence-corrected chi connectivity index (χ0v) is 11.5. The van der Waals surface area contributed by atoms with Gasteiger partial charge < -0.3 is 20.8 Å². The van der Waals surface area contributed by atoms with Crippen molar-refractivity contribution >= 4 is 11.6 Å². The molecular formula is C14H18N4O2. The Kier molecular flexibility index (Phi) is 4.24. The molecule has 1 amide bonds. The van der Waals surface area contributed by atoms with Gasteiger partial charge in [-0.1, -0.05) is 6.92 Å².